The van der Waals surface area contributed by atoms with E-state index in [9.17, 15) is 13.2 Å². The number of hydrogen-bond donors (Lipinski definition) is 2. The average Bonchev–Trinajstić information content (AvgIpc) is 2.60. The highest BCUT2D eigenvalue weighted by molar-refractivity contribution is 7.89. The Morgan fingerprint density at radius 2 is 1.72 bits per heavy atom. The minimum Gasteiger partial charge on any atom is -0.497 e. The maximum atomic E-state index is 12.4. The highest BCUT2D eigenvalue weighted by Crippen LogP contribution is 2.24. The molecule has 0 aliphatic carbocycles. The summed E-state index contributed by atoms with van der Waals surface area (Å²) in [4.78, 5) is 12.2. The lowest BCUT2D eigenvalue weighted by Gasteiger charge is -2.15. The number of sulfonamides is 1. The van der Waals surface area contributed by atoms with Crippen molar-refractivity contribution >= 4 is 15.9 Å². The molecule has 2 aromatic carbocycles. The molecule has 8 heteroatoms. The summed E-state index contributed by atoms with van der Waals surface area (Å²) < 4.78 is 33.4. The molecule has 0 bridgehead atoms. The summed E-state index contributed by atoms with van der Waals surface area (Å²) in [5.41, 5.74) is 1.06. The fourth-order valence-corrected chi connectivity index (χ4v) is 3.02. The lowest BCUT2D eigenvalue weighted by molar-refractivity contribution is 0.0939. The van der Waals surface area contributed by atoms with Crippen molar-refractivity contribution < 1.29 is 22.7 Å². The Kier molecular flexibility index (Phi) is 5.66. The first-order valence-electron chi connectivity index (χ1n) is 7.42. The first-order valence-corrected chi connectivity index (χ1v) is 8.96. The molecule has 0 heterocycles. The predicted molar refractivity (Wildman–Crippen MR) is 93.2 cm³/mol. The Morgan fingerprint density at radius 1 is 1.08 bits per heavy atom. The van der Waals surface area contributed by atoms with E-state index in [0.717, 1.165) is 11.3 Å². The largest absolute Gasteiger partial charge is 0.497 e. The van der Waals surface area contributed by atoms with Gasteiger partial charge in [-0.1, -0.05) is 12.1 Å². The van der Waals surface area contributed by atoms with Crippen molar-refractivity contribution in [1.29, 1.82) is 0 Å². The van der Waals surface area contributed by atoms with E-state index in [0.29, 0.717) is 0 Å². The van der Waals surface area contributed by atoms with Gasteiger partial charge in [0.15, 0.2) is 0 Å². The smallest absolute Gasteiger partial charge is 0.251 e. The Bertz CT molecular complexity index is 863. The first kappa shape index (κ1) is 18.8. The molecule has 25 heavy (non-hydrogen) atoms. The van der Waals surface area contributed by atoms with Gasteiger partial charge in [-0.3, -0.25) is 4.79 Å². The van der Waals surface area contributed by atoms with E-state index in [2.05, 4.69) is 5.32 Å². The van der Waals surface area contributed by atoms with Crippen LogP contribution in [0.15, 0.2) is 47.4 Å². The Morgan fingerprint density at radius 3 is 2.24 bits per heavy atom. The Labute approximate surface area is 146 Å². The van der Waals surface area contributed by atoms with Crippen molar-refractivity contribution in [2.45, 2.75) is 17.9 Å². The molecular weight excluding hydrogens is 344 g/mol. The molecule has 3 N–H and O–H groups in total. The molecule has 1 atom stereocenters. The molecule has 0 unspecified atom stereocenters. The van der Waals surface area contributed by atoms with Crippen LogP contribution < -0.4 is 19.9 Å². The number of amides is 1. The normalized spacial score (nSPS) is 12.3. The van der Waals surface area contributed by atoms with Crippen molar-refractivity contribution in [3.05, 3.63) is 53.6 Å². The second-order valence-electron chi connectivity index (χ2n) is 5.38. The lowest BCUT2D eigenvalue weighted by Crippen LogP contribution is -2.27. The molecule has 0 fully saturated rings. The quantitative estimate of drug-likeness (QED) is 0.813. The van der Waals surface area contributed by atoms with Gasteiger partial charge in [-0.15, -0.1) is 0 Å². The number of hydrogen-bond acceptors (Lipinski definition) is 5. The van der Waals surface area contributed by atoms with Crippen LogP contribution >= 0.6 is 0 Å². The zero-order chi connectivity index (χ0) is 18.6. The SMILES string of the molecule is COc1ccc([C@@H](C)NC(=O)c2ccc(OC)c(S(N)(=O)=O)c2)cc1. The van der Waals surface area contributed by atoms with E-state index in [1.54, 1.807) is 19.2 Å². The van der Waals surface area contributed by atoms with Gasteiger partial charge in [-0.25, -0.2) is 13.6 Å². The second kappa shape index (κ2) is 7.54. The Hall–Kier alpha value is -2.58. The third kappa shape index (κ3) is 4.49. The fourth-order valence-electron chi connectivity index (χ4n) is 2.30. The van der Waals surface area contributed by atoms with Crippen molar-refractivity contribution in [1.82, 2.24) is 5.32 Å². The molecule has 7 nitrogen and oxygen atoms in total. The third-order valence-electron chi connectivity index (χ3n) is 3.70. The van der Waals surface area contributed by atoms with E-state index < -0.39 is 15.9 Å². The van der Waals surface area contributed by atoms with Gasteiger partial charge in [0.2, 0.25) is 10.0 Å². The maximum absolute atomic E-state index is 12.4. The highest BCUT2D eigenvalue weighted by Gasteiger charge is 2.19. The Balaban J connectivity index is 2.22. The number of ether oxygens (including phenoxy) is 2. The van der Waals surface area contributed by atoms with Crippen LogP contribution in [0.3, 0.4) is 0 Å². The standard InChI is InChI=1S/C17H20N2O5S/c1-11(12-4-7-14(23-2)8-5-12)19-17(20)13-6-9-15(24-3)16(10-13)25(18,21)22/h4-11H,1-3H3,(H,19,20)(H2,18,21,22)/t11-/m1/s1. The summed E-state index contributed by atoms with van der Waals surface area (Å²) in [5.74, 6) is 0.383. The summed E-state index contributed by atoms with van der Waals surface area (Å²) in [7, 11) is -1.10. The topological polar surface area (TPSA) is 108 Å². The third-order valence-corrected chi connectivity index (χ3v) is 4.63. The van der Waals surface area contributed by atoms with Crippen LogP contribution in [0.25, 0.3) is 0 Å². The highest BCUT2D eigenvalue weighted by atomic mass is 32.2. The van der Waals surface area contributed by atoms with Crippen LogP contribution in [0.1, 0.15) is 28.9 Å². The van der Waals surface area contributed by atoms with Gasteiger partial charge in [0.25, 0.3) is 5.91 Å². The molecule has 0 radical (unpaired) electrons. The summed E-state index contributed by atoms with van der Waals surface area (Å²) in [5, 5.41) is 7.98. The van der Waals surface area contributed by atoms with Gasteiger partial charge >= 0.3 is 0 Å². The lowest BCUT2D eigenvalue weighted by atomic mass is 10.1. The zero-order valence-corrected chi connectivity index (χ0v) is 15.0. The fraction of sp³-hybridized carbons (Fsp3) is 0.235. The first-order chi connectivity index (χ1) is 11.8. The van der Waals surface area contributed by atoms with Crippen LogP contribution in [0.2, 0.25) is 0 Å². The van der Waals surface area contributed by atoms with Gasteiger partial charge in [-0.05, 0) is 42.8 Å². The molecule has 0 saturated carbocycles. The molecule has 0 saturated heterocycles. The van der Waals surface area contributed by atoms with Crippen LogP contribution in [0.5, 0.6) is 11.5 Å². The van der Waals surface area contributed by atoms with Crippen molar-refractivity contribution in [3.8, 4) is 11.5 Å². The van der Waals surface area contributed by atoms with Gasteiger partial charge in [0, 0.05) is 5.56 Å². The van der Waals surface area contributed by atoms with Gasteiger partial charge in [0.05, 0.1) is 20.3 Å². The minimum absolute atomic E-state index is 0.0854. The summed E-state index contributed by atoms with van der Waals surface area (Å²) >= 11 is 0. The minimum atomic E-state index is -4.01. The van der Waals surface area contributed by atoms with E-state index in [4.69, 9.17) is 14.6 Å². The monoisotopic (exact) mass is 364 g/mol. The van der Waals surface area contributed by atoms with E-state index in [1.807, 2.05) is 19.1 Å². The number of carbonyl (C=O) groups is 1. The zero-order valence-electron chi connectivity index (χ0n) is 14.1. The van der Waals surface area contributed by atoms with Gasteiger partial charge < -0.3 is 14.8 Å². The number of nitrogens with two attached hydrogens (primary N) is 1. The van der Waals surface area contributed by atoms with Crippen molar-refractivity contribution in [3.63, 3.8) is 0 Å². The van der Waals surface area contributed by atoms with Crippen LogP contribution in [-0.4, -0.2) is 28.5 Å². The average molecular weight is 364 g/mol. The van der Waals surface area contributed by atoms with E-state index in [-0.39, 0.29) is 22.3 Å². The molecule has 0 aliphatic heterocycles. The van der Waals surface area contributed by atoms with E-state index >= 15 is 0 Å². The van der Waals surface area contributed by atoms with Crippen LogP contribution in [0.4, 0.5) is 0 Å². The van der Waals surface area contributed by atoms with Gasteiger partial charge in [-0.2, -0.15) is 0 Å². The molecule has 0 spiro atoms. The summed E-state index contributed by atoms with van der Waals surface area (Å²) in [6, 6.07) is 11.1. The number of carbonyl (C=O) groups excluding carboxylic acids is 1. The van der Waals surface area contributed by atoms with Crippen molar-refractivity contribution in [2.75, 3.05) is 14.2 Å². The van der Waals surface area contributed by atoms with E-state index in [1.165, 1.54) is 25.3 Å². The van der Waals surface area contributed by atoms with Crippen LogP contribution in [-0.2, 0) is 10.0 Å². The molecule has 134 valence electrons. The molecule has 2 aromatic rings. The number of rotatable bonds is 6. The molecular formula is C17H20N2O5S. The predicted octanol–water partition coefficient (Wildman–Crippen LogP) is 1.84. The molecule has 2 rings (SSSR count). The molecule has 1 amide bonds. The maximum Gasteiger partial charge on any atom is 0.251 e. The summed E-state index contributed by atoms with van der Waals surface area (Å²) in [6.45, 7) is 1.82. The number of nitrogens with one attached hydrogen (secondary N) is 1. The van der Waals surface area contributed by atoms with Crippen LogP contribution in [0, 0.1) is 0 Å². The molecule has 0 aromatic heterocycles. The number of benzene rings is 2. The second-order valence-corrected chi connectivity index (χ2v) is 6.91. The summed E-state index contributed by atoms with van der Waals surface area (Å²) in [6.07, 6.45) is 0. The van der Waals surface area contributed by atoms with Crippen molar-refractivity contribution in [2.24, 2.45) is 5.14 Å². The number of primary sulfonamides is 1. The molecule has 0 aliphatic rings. The number of methoxy groups -OCH3 is 2. The van der Waals surface area contributed by atoms with Gasteiger partial charge in [0.1, 0.15) is 16.4 Å².